The van der Waals surface area contributed by atoms with Crippen molar-refractivity contribution in [1.29, 1.82) is 0 Å². The van der Waals surface area contributed by atoms with E-state index in [-0.39, 0.29) is 11.9 Å². The Bertz CT molecular complexity index is 221. The maximum Gasteiger partial charge on any atom is 0.233 e. The SMILES string of the molecule is CC(C)(C)ON(C=O)CCOC1CCCCO1. The van der Waals surface area contributed by atoms with Crippen LogP contribution in [0.3, 0.4) is 0 Å². The van der Waals surface area contributed by atoms with Crippen LogP contribution >= 0.6 is 0 Å². The molecule has 5 heteroatoms. The van der Waals surface area contributed by atoms with Crippen LogP contribution < -0.4 is 0 Å². The topological polar surface area (TPSA) is 48.0 Å². The second-order valence-electron chi connectivity index (χ2n) is 5.12. The molecule has 0 aromatic carbocycles. The average Bonchev–Trinajstić information content (AvgIpc) is 2.27. The molecule has 1 atom stereocenters. The quantitative estimate of drug-likeness (QED) is 0.528. The summed E-state index contributed by atoms with van der Waals surface area (Å²) in [5, 5.41) is 1.27. The van der Waals surface area contributed by atoms with Crippen molar-refractivity contribution in [1.82, 2.24) is 5.06 Å². The van der Waals surface area contributed by atoms with Crippen molar-refractivity contribution in [2.75, 3.05) is 19.8 Å². The summed E-state index contributed by atoms with van der Waals surface area (Å²) in [5.74, 6) is 0. The molecule has 1 fully saturated rings. The second kappa shape index (κ2) is 6.93. The molecule has 1 unspecified atom stereocenters. The number of carbonyl (C=O) groups is 1. The van der Waals surface area contributed by atoms with E-state index in [1.54, 1.807) is 0 Å². The Balaban J connectivity index is 2.16. The lowest BCUT2D eigenvalue weighted by molar-refractivity contribution is -0.228. The van der Waals surface area contributed by atoms with Gasteiger partial charge in [0.25, 0.3) is 0 Å². The third-order valence-corrected chi connectivity index (χ3v) is 2.26. The van der Waals surface area contributed by atoms with E-state index >= 15 is 0 Å². The van der Waals surface area contributed by atoms with Crippen LogP contribution in [0.15, 0.2) is 0 Å². The highest BCUT2D eigenvalue weighted by atomic mass is 16.7. The predicted molar refractivity (Wildman–Crippen MR) is 63.2 cm³/mol. The number of hydrogen-bond acceptors (Lipinski definition) is 4. The van der Waals surface area contributed by atoms with Gasteiger partial charge in [0.1, 0.15) is 0 Å². The molecule has 0 aromatic rings. The Morgan fingerprint density at radius 3 is 2.71 bits per heavy atom. The Kier molecular flexibility index (Phi) is 5.88. The van der Waals surface area contributed by atoms with Gasteiger partial charge in [-0.1, -0.05) is 0 Å². The third kappa shape index (κ3) is 6.61. The lowest BCUT2D eigenvalue weighted by Crippen LogP contribution is -2.36. The zero-order valence-electron chi connectivity index (χ0n) is 11.0. The molecule has 0 aliphatic carbocycles. The second-order valence-corrected chi connectivity index (χ2v) is 5.12. The van der Waals surface area contributed by atoms with Crippen LogP contribution in [0, 0.1) is 0 Å². The molecule has 5 nitrogen and oxygen atoms in total. The van der Waals surface area contributed by atoms with Crippen LogP contribution in [0.5, 0.6) is 0 Å². The fourth-order valence-corrected chi connectivity index (χ4v) is 1.59. The van der Waals surface area contributed by atoms with Crippen LogP contribution in [-0.2, 0) is 19.1 Å². The van der Waals surface area contributed by atoms with Gasteiger partial charge in [-0.05, 0) is 40.0 Å². The minimum Gasteiger partial charge on any atom is -0.353 e. The van der Waals surface area contributed by atoms with Gasteiger partial charge in [-0.3, -0.25) is 9.63 Å². The average molecular weight is 245 g/mol. The summed E-state index contributed by atoms with van der Waals surface area (Å²) < 4.78 is 11.0. The molecular formula is C12H23NO4. The van der Waals surface area contributed by atoms with E-state index in [9.17, 15) is 4.79 Å². The molecule has 17 heavy (non-hydrogen) atoms. The van der Waals surface area contributed by atoms with Crippen LogP contribution in [0.1, 0.15) is 40.0 Å². The van der Waals surface area contributed by atoms with E-state index in [1.807, 2.05) is 20.8 Å². The normalized spacial score (nSPS) is 21.2. The van der Waals surface area contributed by atoms with Gasteiger partial charge in [0.2, 0.25) is 6.41 Å². The molecule has 0 bridgehead atoms. The zero-order valence-corrected chi connectivity index (χ0v) is 11.0. The van der Waals surface area contributed by atoms with Gasteiger partial charge >= 0.3 is 0 Å². The summed E-state index contributed by atoms with van der Waals surface area (Å²) >= 11 is 0. The number of amides is 1. The fraction of sp³-hybridized carbons (Fsp3) is 0.917. The van der Waals surface area contributed by atoms with E-state index in [2.05, 4.69) is 0 Å². The minimum atomic E-state index is -0.373. The van der Waals surface area contributed by atoms with Crippen LogP contribution in [0.2, 0.25) is 0 Å². The molecule has 0 saturated carbocycles. The van der Waals surface area contributed by atoms with Crippen molar-refractivity contribution in [3.05, 3.63) is 0 Å². The van der Waals surface area contributed by atoms with E-state index in [0.29, 0.717) is 19.6 Å². The van der Waals surface area contributed by atoms with Crippen molar-refractivity contribution in [2.45, 2.75) is 51.9 Å². The standard InChI is InChI=1S/C12H23NO4/c1-12(2,3)17-13(10-14)7-9-16-11-6-4-5-8-15-11/h10-11H,4-9H2,1-3H3. The highest BCUT2D eigenvalue weighted by Gasteiger charge is 2.17. The van der Waals surface area contributed by atoms with Crippen LogP contribution in [0.4, 0.5) is 0 Å². The van der Waals surface area contributed by atoms with Gasteiger partial charge in [-0.15, -0.1) is 0 Å². The Morgan fingerprint density at radius 2 is 2.18 bits per heavy atom. The summed E-state index contributed by atoms with van der Waals surface area (Å²) in [6.45, 7) is 7.30. The Morgan fingerprint density at radius 1 is 1.41 bits per heavy atom. The van der Waals surface area contributed by atoms with Gasteiger partial charge in [0, 0.05) is 6.61 Å². The fourth-order valence-electron chi connectivity index (χ4n) is 1.59. The van der Waals surface area contributed by atoms with Gasteiger partial charge in [-0.2, -0.15) is 0 Å². The van der Waals surface area contributed by atoms with Gasteiger partial charge in [0.15, 0.2) is 6.29 Å². The monoisotopic (exact) mass is 245 g/mol. The predicted octanol–water partition coefficient (Wildman–Crippen LogP) is 1.72. The summed E-state index contributed by atoms with van der Waals surface area (Å²) in [6.07, 6.45) is 3.73. The van der Waals surface area contributed by atoms with Crippen molar-refractivity contribution >= 4 is 6.41 Å². The Hall–Kier alpha value is -0.650. The first-order valence-corrected chi connectivity index (χ1v) is 6.15. The first-order valence-electron chi connectivity index (χ1n) is 6.15. The first-order chi connectivity index (χ1) is 8.01. The molecule has 0 N–H and O–H groups in total. The lowest BCUT2D eigenvalue weighted by Gasteiger charge is -2.28. The number of carbonyl (C=O) groups excluding carboxylic acids is 1. The van der Waals surface area contributed by atoms with Gasteiger partial charge in [-0.25, -0.2) is 5.06 Å². The summed E-state index contributed by atoms with van der Waals surface area (Å²) in [7, 11) is 0. The number of hydrogen-bond donors (Lipinski definition) is 0. The maximum atomic E-state index is 10.8. The minimum absolute atomic E-state index is 0.119. The summed E-state index contributed by atoms with van der Waals surface area (Å²) in [6, 6.07) is 0. The Labute approximate surface area is 103 Å². The number of nitrogens with zero attached hydrogens (tertiary/aromatic N) is 1. The maximum absolute atomic E-state index is 10.8. The van der Waals surface area contributed by atoms with Crippen molar-refractivity contribution < 1.29 is 19.1 Å². The molecule has 1 aliphatic rings. The molecule has 1 heterocycles. The molecule has 1 aliphatic heterocycles. The van der Waals surface area contributed by atoms with Crippen molar-refractivity contribution in [3.63, 3.8) is 0 Å². The van der Waals surface area contributed by atoms with Crippen LogP contribution in [0.25, 0.3) is 0 Å². The number of ether oxygens (including phenoxy) is 2. The number of hydroxylamine groups is 2. The molecule has 1 rings (SSSR count). The molecule has 100 valence electrons. The summed E-state index contributed by atoms with van der Waals surface area (Å²) in [4.78, 5) is 16.2. The van der Waals surface area contributed by atoms with E-state index in [1.165, 1.54) is 5.06 Å². The highest BCUT2D eigenvalue weighted by molar-refractivity contribution is 5.44. The first kappa shape index (κ1) is 14.4. The van der Waals surface area contributed by atoms with Crippen molar-refractivity contribution in [3.8, 4) is 0 Å². The van der Waals surface area contributed by atoms with Gasteiger partial charge < -0.3 is 9.47 Å². The molecule has 0 aromatic heterocycles. The largest absolute Gasteiger partial charge is 0.353 e. The number of rotatable bonds is 6. The van der Waals surface area contributed by atoms with Crippen LogP contribution in [-0.4, -0.2) is 43.1 Å². The molecule has 0 radical (unpaired) electrons. The highest BCUT2D eigenvalue weighted by Crippen LogP contribution is 2.14. The molecule has 1 saturated heterocycles. The van der Waals surface area contributed by atoms with E-state index in [0.717, 1.165) is 25.9 Å². The third-order valence-electron chi connectivity index (χ3n) is 2.26. The zero-order chi connectivity index (χ0) is 12.7. The lowest BCUT2D eigenvalue weighted by atomic mass is 10.2. The van der Waals surface area contributed by atoms with Gasteiger partial charge in [0.05, 0.1) is 18.8 Å². The smallest absolute Gasteiger partial charge is 0.233 e. The van der Waals surface area contributed by atoms with E-state index in [4.69, 9.17) is 14.3 Å². The van der Waals surface area contributed by atoms with E-state index < -0.39 is 0 Å². The van der Waals surface area contributed by atoms with Crippen molar-refractivity contribution in [2.24, 2.45) is 0 Å². The summed E-state index contributed by atoms with van der Waals surface area (Å²) in [5.41, 5.74) is -0.373. The molecular weight excluding hydrogens is 222 g/mol. The molecule has 1 amide bonds. The molecule has 0 spiro atoms.